The highest BCUT2D eigenvalue weighted by Crippen LogP contribution is 2.36. The molecule has 45 heavy (non-hydrogen) atoms. The van der Waals surface area contributed by atoms with E-state index in [4.69, 9.17) is 11.6 Å². The van der Waals surface area contributed by atoms with Gasteiger partial charge in [0.2, 0.25) is 5.91 Å². The van der Waals surface area contributed by atoms with Gasteiger partial charge in [-0.05, 0) is 72.3 Å². The molecule has 0 saturated carbocycles. The van der Waals surface area contributed by atoms with Crippen LogP contribution in [-0.4, -0.2) is 37.6 Å². The number of carbonyl (C=O) groups excluding carboxylic acids is 3. The zero-order valence-electron chi connectivity index (χ0n) is 24.1. The number of thioether (sulfide) groups is 1. The fourth-order valence-electron chi connectivity index (χ4n) is 4.04. The Morgan fingerprint density at radius 2 is 1.58 bits per heavy atom. The Hall–Kier alpha value is -4.74. The zero-order valence-corrected chi connectivity index (χ0v) is 25.7. The van der Waals surface area contributed by atoms with Crippen LogP contribution in [0.2, 0.25) is 5.02 Å². The normalized spacial score (nSPS) is 11.5. The van der Waals surface area contributed by atoms with Gasteiger partial charge in [0.05, 0.1) is 17.0 Å². The predicted molar refractivity (Wildman–Crippen MR) is 174 cm³/mol. The number of hydrogen-bond acceptors (Lipinski definition) is 5. The van der Waals surface area contributed by atoms with Crippen LogP contribution in [0, 0.1) is 0 Å². The number of nitrogens with zero attached hydrogens (tertiary/aromatic N) is 1. The number of carbonyl (C=O) groups is 3. The average molecular weight is 653 g/mol. The number of anilines is 3. The monoisotopic (exact) mass is 652 g/mol. The van der Waals surface area contributed by atoms with Gasteiger partial charge in [-0.2, -0.15) is 13.2 Å². The number of benzene rings is 4. The third-order valence-corrected chi connectivity index (χ3v) is 7.50. The molecule has 4 aromatic carbocycles. The summed E-state index contributed by atoms with van der Waals surface area (Å²) in [6.07, 6.45) is -3.14. The molecular weight excluding hydrogens is 625 g/mol. The summed E-state index contributed by atoms with van der Waals surface area (Å²) in [7, 11) is 3.82. The van der Waals surface area contributed by atoms with E-state index in [9.17, 15) is 27.6 Å². The number of amides is 3. The van der Waals surface area contributed by atoms with E-state index in [1.165, 1.54) is 6.07 Å². The molecule has 0 saturated heterocycles. The lowest BCUT2D eigenvalue weighted by atomic mass is 10.1. The molecule has 0 aliphatic rings. The molecule has 4 rings (SSSR count). The van der Waals surface area contributed by atoms with Crippen LogP contribution in [0.3, 0.4) is 0 Å². The van der Waals surface area contributed by atoms with Crippen LogP contribution in [0.15, 0.2) is 108 Å². The molecule has 0 spiro atoms. The Balaban J connectivity index is 1.47. The SMILES string of the molecule is CN(C)c1ccc(/C=C(/NC(=O)c2ccccc2)C(=O)Nc2cccc(SCC(=O)Nc3ccc(Cl)cc3C(F)(F)F)c2)cc1. The molecule has 0 atom stereocenters. The molecule has 0 aliphatic carbocycles. The highest BCUT2D eigenvalue weighted by molar-refractivity contribution is 8.00. The highest BCUT2D eigenvalue weighted by Gasteiger charge is 2.34. The number of hydrogen-bond donors (Lipinski definition) is 3. The van der Waals surface area contributed by atoms with Crippen molar-refractivity contribution in [2.45, 2.75) is 11.1 Å². The van der Waals surface area contributed by atoms with E-state index >= 15 is 0 Å². The minimum absolute atomic E-state index is 0.00215. The first-order chi connectivity index (χ1) is 21.4. The van der Waals surface area contributed by atoms with Gasteiger partial charge in [-0.15, -0.1) is 11.8 Å². The fourth-order valence-corrected chi connectivity index (χ4v) is 4.96. The lowest BCUT2D eigenvalue weighted by molar-refractivity contribution is -0.137. The van der Waals surface area contributed by atoms with Gasteiger partial charge in [0.25, 0.3) is 11.8 Å². The molecule has 7 nitrogen and oxygen atoms in total. The maximum atomic E-state index is 13.4. The van der Waals surface area contributed by atoms with E-state index in [0.29, 0.717) is 21.7 Å². The zero-order chi connectivity index (χ0) is 32.6. The third-order valence-electron chi connectivity index (χ3n) is 6.27. The summed E-state index contributed by atoms with van der Waals surface area (Å²) < 4.78 is 40.1. The fraction of sp³-hybridized carbons (Fsp3) is 0.121. The average Bonchev–Trinajstić information content (AvgIpc) is 3.01. The first-order valence-electron chi connectivity index (χ1n) is 13.5. The van der Waals surface area contributed by atoms with E-state index in [1.54, 1.807) is 60.7 Å². The van der Waals surface area contributed by atoms with E-state index in [-0.39, 0.29) is 16.5 Å². The van der Waals surface area contributed by atoms with Gasteiger partial charge in [-0.1, -0.05) is 48.0 Å². The van der Waals surface area contributed by atoms with Crippen LogP contribution >= 0.6 is 23.4 Å². The van der Waals surface area contributed by atoms with Crippen molar-refractivity contribution in [1.29, 1.82) is 0 Å². The van der Waals surface area contributed by atoms with Crippen molar-refractivity contribution < 1.29 is 27.6 Å². The maximum absolute atomic E-state index is 13.4. The first-order valence-corrected chi connectivity index (χ1v) is 14.8. The molecule has 0 heterocycles. The second-order valence-electron chi connectivity index (χ2n) is 9.87. The van der Waals surface area contributed by atoms with E-state index in [1.807, 2.05) is 43.3 Å². The Kier molecular flexibility index (Phi) is 10.9. The van der Waals surface area contributed by atoms with Gasteiger partial charge in [0.1, 0.15) is 5.70 Å². The lowest BCUT2D eigenvalue weighted by Gasteiger charge is -2.14. The van der Waals surface area contributed by atoms with Crippen LogP contribution in [-0.2, 0) is 15.8 Å². The minimum atomic E-state index is -4.70. The summed E-state index contributed by atoms with van der Waals surface area (Å²) in [5.74, 6) is -1.90. The van der Waals surface area contributed by atoms with E-state index < -0.39 is 35.1 Å². The summed E-state index contributed by atoms with van der Waals surface area (Å²) >= 11 is 6.78. The number of halogens is 4. The first kappa shape index (κ1) is 33.2. The van der Waals surface area contributed by atoms with Gasteiger partial charge < -0.3 is 20.9 Å². The molecule has 3 amide bonds. The molecular formula is C33H28ClF3N4O3S. The van der Waals surface area contributed by atoms with Crippen molar-refractivity contribution >= 4 is 64.2 Å². The number of alkyl halides is 3. The van der Waals surface area contributed by atoms with Crippen LogP contribution < -0.4 is 20.9 Å². The molecule has 4 aromatic rings. The molecule has 0 bridgehead atoms. The predicted octanol–water partition coefficient (Wildman–Crippen LogP) is 7.57. The smallest absolute Gasteiger partial charge is 0.378 e. The van der Waals surface area contributed by atoms with Crippen LogP contribution in [0.1, 0.15) is 21.5 Å². The van der Waals surface area contributed by atoms with Gasteiger partial charge >= 0.3 is 6.18 Å². The Labute approximate surface area is 267 Å². The maximum Gasteiger partial charge on any atom is 0.418 e. The Bertz CT molecular complexity index is 1710. The van der Waals surface area contributed by atoms with E-state index in [2.05, 4.69) is 16.0 Å². The summed E-state index contributed by atoms with van der Waals surface area (Å²) in [5, 5.41) is 7.63. The van der Waals surface area contributed by atoms with Crippen molar-refractivity contribution in [2.75, 3.05) is 35.4 Å². The quantitative estimate of drug-likeness (QED) is 0.122. The Morgan fingerprint density at radius 3 is 2.24 bits per heavy atom. The highest BCUT2D eigenvalue weighted by atomic mass is 35.5. The van der Waals surface area contributed by atoms with Crippen LogP contribution in [0.4, 0.5) is 30.2 Å². The van der Waals surface area contributed by atoms with Crippen LogP contribution in [0.5, 0.6) is 0 Å². The van der Waals surface area contributed by atoms with Gasteiger partial charge in [0.15, 0.2) is 0 Å². The Morgan fingerprint density at radius 1 is 0.867 bits per heavy atom. The minimum Gasteiger partial charge on any atom is -0.378 e. The summed E-state index contributed by atoms with van der Waals surface area (Å²) in [6, 6.07) is 25.6. The molecule has 0 radical (unpaired) electrons. The van der Waals surface area contributed by atoms with Gasteiger partial charge in [-0.25, -0.2) is 0 Å². The second kappa shape index (κ2) is 14.8. The molecule has 0 fully saturated rings. The van der Waals surface area contributed by atoms with E-state index in [0.717, 1.165) is 29.6 Å². The van der Waals surface area contributed by atoms with Crippen molar-refractivity contribution in [1.82, 2.24) is 5.32 Å². The van der Waals surface area contributed by atoms with Crippen molar-refractivity contribution in [3.05, 3.63) is 124 Å². The van der Waals surface area contributed by atoms with Gasteiger partial charge in [-0.3, -0.25) is 14.4 Å². The molecule has 0 aromatic heterocycles. The second-order valence-corrected chi connectivity index (χ2v) is 11.4. The summed E-state index contributed by atoms with van der Waals surface area (Å²) in [6.45, 7) is 0. The largest absolute Gasteiger partial charge is 0.418 e. The van der Waals surface area contributed by atoms with Crippen molar-refractivity contribution in [3.63, 3.8) is 0 Å². The number of nitrogens with one attached hydrogen (secondary N) is 3. The van der Waals surface area contributed by atoms with Crippen molar-refractivity contribution in [2.24, 2.45) is 0 Å². The molecule has 3 N–H and O–H groups in total. The summed E-state index contributed by atoms with van der Waals surface area (Å²) in [4.78, 5) is 41.3. The topological polar surface area (TPSA) is 90.5 Å². The van der Waals surface area contributed by atoms with Crippen LogP contribution in [0.25, 0.3) is 6.08 Å². The molecule has 232 valence electrons. The number of rotatable bonds is 10. The molecule has 12 heteroatoms. The molecule has 0 aliphatic heterocycles. The summed E-state index contributed by atoms with van der Waals surface area (Å²) in [5.41, 5.74) is 0.957. The van der Waals surface area contributed by atoms with Gasteiger partial charge in [0, 0.05) is 41.0 Å². The van der Waals surface area contributed by atoms with Crippen molar-refractivity contribution in [3.8, 4) is 0 Å². The lowest BCUT2D eigenvalue weighted by Crippen LogP contribution is -2.30. The third kappa shape index (κ3) is 9.62. The molecule has 0 unspecified atom stereocenters. The standard InChI is InChI=1S/C33H28ClF3N4O3S/c1-41(2)25-14-11-21(12-15-25)17-29(40-31(43)22-7-4-3-5-8-22)32(44)38-24-9-6-10-26(19-24)45-20-30(42)39-28-16-13-23(34)18-27(28)33(35,36)37/h3-19H,20H2,1-2H3,(H,38,44)(H,39,42)(H,40,43)/b29-17+.